The van der Waals surface area contributed by atoms with Crippen molar-refractivity contribution in [3.8, 4) is 0 Å². The molecule has 10 heteroatoms. The normalized spacial score (nSPS) is 15.7. The second kappa shape index (κ2) is 8.08. The Kier molecular flexibility index (Phi) is 6.12. The van der Waals surface area contributed by atoms with Crippen molar-refractivity contribution in [3.63, 3.8) is 0 Å². The van der Waals surface area contributed by atoms with Crippen molar-refractivity contribution in [2.75, 3.05) is 38.2 Å². The number of hydrogen-bond acceptors (Lipinski definition) is 5. The average molecular weight is 357 g/mol. The lowest BCUT2D eigenvalue weighted by atomic mass is 10.3. The number of carboxylic acid groups (broad SMARTS) is 1. The number of nitrogens with one attached hydrogen (secondary N) is 2. The Morgan fingerprint density at radius 2 is 1.96 bits per heavy atom. The van der Waals surface area contributed by atoms with E-state index in [1.165, 1.54) is 22.5 Å². The Morgan fingerprint density at radius 1 is 1.25 bits per heavy atom. The Hall–Kier alpha value is -2.17. The fourth-order valence-electron chi connectivity index (χ4n) is 2.13. The van der Waals surface area contributed by atoms with Gasteiger partial charge in [0.05, 0.1) is 24.5 Å². The maximum atomic E-state index is 12.5. The molecule has 1 fully saturated rings. The van der Waals surface area contributed by atoms with Crippen molar-refractivity contribution >= 4 is 27.7 Å². The molecule has 2 rings (SSSR count). The van der Waals surface area contributed by atoms with Crippen LogP contribution in [0.2, 0.25) is 0 Å². The third kappa shape index (κ3) is 4.91. The van der Waals surface area contributed by atoms with Crippen LogP contribution in [0.4, 0.5) is 10.5 Å². The van der Waals surface area contributed by atoms with Gasteiger partial charge in [-0.2, -0.15) is 4.31 Å². The van der Waals surface area contributed by atoms with Crippen LogP contribution in [0, 0.1) is 0 Å². The van der Waals surface area contributed by atoms with E-state index in [0.29, 0.717) is 18.9 Å². The fourth-order valence-corrected chi connectivity index (χ4v) is 3.58. The Balaban J connectivity index is 2.02. The first-order chi connectivity index (χ1) is 11.4. The molecule has 0 aromatic heterocycles. The number of carbonyl (C=O) groups excluding carboxylic acids is 1. The third-order valence-electron chi connectivity index (χ3n) is 3.32. The van der Waals surface area contributed by atoms with Crippen LogP contribution in [0.3, 0.4) is 0 Å². The van der Waals surface area contributed by atoms with Crippen molar-refractivity contribution < 1.29 is 27.9 Å². The highest BCUT2D eigenvalue weighted by molar-refractivity contribution is 7.89. The minimum atomic E-state index is -3.64. The monoisotopic (exact) mass is 357 g/mol. The summed E-state index contributed by atoms with van der Waals surface area (Å²) >= 11 is 0. The van der Waals surface area contributed by atoms with E-state index in [1.807, 2.05) is 0 Å². The van der Waals surface area contributed by atoms with E-state index < -0.39 is 22.0 Å². The van der Waals surface area contributed by atoms with Crippen LogP contribution in [0.25, 0.3) is 0 Å². The van der Waals surface area contributed by atoms with E-state index in [4.69, 9.17) is 9.84 Å². The summed E-state index contributed by atoms with van der Waals surface area (Å²) in [6, 6.07) is 5.30. The smallest absolute Gasteiger partial charge is 0.319 e. The van der Waals surface area contributed by atoms with Crippen LogP contribution < -0.4 is 10.6 Å². The predicted octanol–water partition coefficient (Wildman–Crippen LogP) is 0.304. The van der Waals surface area contributed by atoms with E-state index in [0.717, 1.165) is 0 Å². The van der Waals surface area contributed by atoms with E-state index in [9.17, 15) is 18.0 Å². The number of carboxylic acids is 1. The van der Waals surface area contributed by atoms with Gasteiger partial charge >= 0.3 is 12.0 Å². The van der Waals surface area contributed by atoms with Crippen LogP contribution in [0.1, 0.15) is 6.42 Å². The molecular weight excluding hydrogens is 338 g/mol. The molecule has 1 heterocycles. The van der Waals surface area contributed by atoms with Gasteiger partial charge in [-0.15, -0.1) is 0 Å². The van der Waals surface area contributed by atoms with Crippen LogP contribution in [-0.4, -0.2) is 62.7 Å². The second-order valence-electron chi connectivity index (χ2n) is 5.07. The van der Waals surface area contributed by atoms with Gasteiger partial charge in [-0.25, -0.2) is 13.2 Å². The van der Waals surface area contributed by atoms with E-state index >= 15 is 0 Å². The molecule has 132 valence electrons. The molecule has 0 bridgehead atoms. The predicted molar refractivity (Wildman–Crippen MR) is 85.3 cm³/mol. The lowest BCUT2D eigenvalue weighted by molar-refractivity contribution is -0.136. The minimum Gasteiger partial charge on any atom is -0.481 e. The van der Waals surface area contributed by atoms with E-state index in [-0.39, 0.29) is 31.0 Å². The van der Waals surface area contributed by atoms with Crippen LogP contribution in [0.15, 0.2) is 29.2 Å². The highest BCUT2D eigenvalue weighted by Crippen LogP contribution is 2.20. The molecule has 1 saturated heterocycles. The maximum Gasteiger partial charge on any atom is 0.319 e. The molecule has 1 aliphatic heterocycles. The molecule has 1 aliphatic rings. The largest absolute Gasteiger partial charge is 0.481 e. The average Bonchev–Trinajstić information content (AvgIpc) is 2.55. The van der Waals surface area contributed by atoms with Gasteiger partial charge in [0.15, 0.2) is 0 Å². The molecule has 9 nitrogen and oxygen atoms in total. The van der Waals surface area contributed by atoms with Crippen molar-refractivity contribution in [1.82, 2.24) is 9.62 Å². The van der Waals surface area contributed by atoms with Gasteiger partial charge in [0, 0.05) is 25.3 Å². The molecule has 0 radical (unpaired) electrons. The highest BCUT2D eigenvalue weighted by Gasteiger charge is 2.26. The van der Waals surface area contributed by atoms with Gasteiger partial charge in [0.2, 0.25) is 10.0 Å². The van der Waals surface area contributed by atoms with Crippen molar-refractivity contribution in [3.05, 3.63) is 24.3 Å². The van der Waals surface area contributed by atoms with Crippen LogP contribution >= 0.6 is 0 Å². The SMILES string of the molecule is O=C(O)CCNC(=O)Nc1cccc(S(=O)(=O)N2CCOCC2)c1. The molecule has 0 spiro atoms. The summed E-state index contributed by atoms with van der Waals surface area (Å²) in [6.07, 6.45) is -0.196. The number of morpholine rings is 1. The maximum absolute atomic E-state index is 12.5. The van der Waals surface area contributed by atoms with Gasteiger partial charge in [-0.1, -0.05) is 6.07 Å². The zero-order chi connectivity index (χ0) is 17.6. The Morgan fingerprint density at radius 3 is 2.62 bits per heavy atom. The number of amides is 2. The summed E-state index contributed by atoms with van der Waals surface area (Å²) in [5, 5.41) is 13.4. The molecule has 0 atom stereocenters. The zero-order valence-corrected chi connectivity index (χ0v) is 13.7. The number of sulfonamides is 1. The van der Waals surface area contributed by atoms with Crippen LogP contribution in [0.5, 0.6) is 0 Å². The molecule has 0 aliphatic carbocycles. The molecule has 0 unspecified atom stereocenters. The van der Waals surface area contributed by atoms with Gasteiger partial charge in [0.1, 0.15) is 0 Å². The minimum absolute atomic E-state index is 0.0209. The second-order valence-corrected chi connectivity index (χ2v) is 7.01. The molecule has 2 amide bonds. The lowest BCUT2D eigenvalue weighted by Gasteiger charge is -2.26. The summed E-state index contributed by atoms with van der Waals surface area (Å²) < 4.78 is 31.6. The summed E-state index contributed by atoms with van der Waals surface area (Å²) in [4.78, 5) is 22.1. The number of urea groups is 1. The first-order valence-corrected chi connectivity index (χ1v) is 8.78. The number of hydrogen-bond donors (Lipinski definition) is 3. The summed E-state index contributed by atoms with van der Waals surface area (Å²) in [5.74, 6) is -1.02. The van der Waals surface area contributed by atoms with Gasteiger partial charge in [-0.3, -0.25) is 4.79 Å². The number of ether oxygens (including phenoxy) is 1. The van der Waals surface area contributed by atoms with E-state index in [2.05, 4.69) is 10.6 Å². The molecule has 24 heavy (non-hydrogen) atoms. The van der Waals surface area contributed by atoms with Crippen molar-refractivity contribution in [1.29, 1.82) is 0 Å². The third-order valence-corrected chi connectivity index (χ3v) is 5.22. The van der Waals surface area contributed by atoms with Gasteiger partial charge in [0.25, 0.3) is 0 Å². The molecular formula is C14H19N3O6S. The summed E-state index contributed by atoms with van der Waals surface area (Å²) in [7, 11) is -3.64. The number of aliphatic carboxylic acids is 1. The lowest BCUT2D eigenvalue weighted by Crippen LogP contribution is -2.40. The first kappa shape index (κ1) is 18.2. The number of carbonyl (C=O) groups is 2. The quantitative estimate of drug-likeness (QED) is 0.673. The topological polar surface area (TPSA) is 125 Å². The molecule has 1 aromatic carbocycles. The number of rotatable bonds is 6. The fraction of sp³-hybridized carbons (Fsp3) is 0.429. The number of anilines is 1. The van der Waals surface area contributed by atoms with Crippen molar-refractivity contribution in [2.45, 2.75) is 11.3 Å². The molecule has 0 saturated carbocycles. The van der Waals surface area contributed by atoms with Crippen LogP contribution in [-0.2, 0) is 19.6 Å². The number of nitrogens with zero attached hydrogens (tertiary/aromatic N) is 1. The van der Waals surface area contributed by atoms with Crippen molar-refractivity contribution in [2.24, 2.45) is 0 Å². The van der Waals surface area contributed by atoms with Gasteiger partial charge in [-0.05, 0) is 18.2 Å². The first-order valence-electron chi connectivity index (χ1n) is 7.34. The molecule has 3 N–H and O–H groups in total. The Bertz CT molecular complexity index is 700. The summed E-state index contributed by atoms with van der Waals surface area (Å²) in [5.41, 5.74) is 0.303. The number of benzene rings is 1. The molecule has 1 aromatic rings. The highest BCUT2D eigenvalue weighted by atomic mass is 32.2. The zero-order valence-electron chi connectivity index (χ0n) is 12.9. The van der Waals surface area contributed by atoms with E-state index in [1.54, 1.807) is 6.07 Å². The summed E-state index contributed by atoms with van der Waals surface area (Å²) in [6.45, 7) is 1.25. The standard InChI is InChI=1S/C14H19N3O6S/c18-13(19)4-5-15-14(20)16-11-2-1-3-12(10-11)24(21,22)17-6-8-23-9-7-17/h1-3,10H,4-9H2,(H,18,19)(H2,15,16,20). The Labute approximate surface area is 139 Å². The van der Waals surface area contributed by atoms with Gasteiger partial charge < -0.3 is 20.5 Å².